The molecule has 0 aliphatic rings. The molecule has 0 saturated heterocycles. The van der Waals surface area contributed by atoms with Crippen molar-refractivity contribution < 1.29 is 14.7 Å². The lowest BCUT2D eigenvalue weighted by Crippen LogP contribution is -2.22. The predicted molar refractivity (Wildman–Crippen MR) is 93.8 cm³/mol. The molecule has 0 bridgehead atoms. The Hall–Kier alpha value is -3.09. The minimum atomic E-state index is -0.956. The van der Waals surface area contributed by atoms with Gasteiger partial charge in [0.05, 0.1) is 11.1 Å². The smallest absolute Gasteiger partial charge is 0.335 e. The van der Waals surface area contributed by atoms with Crippen LogP contribution >= 0.6 is 0 Å². The molecule has 1 aromatic carbocycles. The van der Waals surface area contributed by atoms with Crippen molar-refractivity contribution >= 4 is 24.0 Å². The number of guanidine groups is 1. The highest BCUT2D eigenvalue weighted by Gasteiger charge is 2.10. The van der Waals surface area contributed by atoms with E-state index in [1.54, 1.807) is 30.5 Å². The molecule has 128 valence electrons. The number of hydrogen-bond donors (Lipinski definition) is 4. The highest BCUT2D eigenvalue weighted by molar-refractivity contribution is 5.88. The molecule has 0 unspecified atom stereocenters. The number of hydrogen-bond acceptors (Lipinski definition) is 3. The third kappa shape index (κ3) is 4.98. The maximum atomic E-state index is 11.2. The van der Waals surface area contributed by atoms with Crippen LogP contribution < -0.4 is 11.5 Å². The first-order valence-electron chi connectivity index (χ1n) is 7.58. The molecule has 2 aromatic rings. The van der Waals surface area contributed by atoms with Crippen LogP contribution in [0, 0.1) is 0 Å². The number of nitrogens with one attached hydrogen (secondary N) is 1. The van der Waals surface area contributed by atoms with Crippen molar-refractivity contribution in [3.63, 3.8) is 0 Å². The van der Waals surface area contributed by atoms with Crippen LogP contribution in [-0.4, -0.2) is 28.3 Å². The molecule has 6 N–H and O–H groups in total. The SMILES string of the molecule is CC.NC(N)=Nc1[nH]cc(CCc2ccc(C(=O)O)cc2)c1C=O. The Morgan fingerprint density at radius 2 is 1.83 bits per heavy atom. The molecule has 0 spiro atoms. The van der Waals surface area contributed by atoms with E-state index in [0.29, 0.717) is 30.5 Å². The minimum Gasteiger partial charge on any atom is -0.478 e. The third-order valence-corrected chi connectivity index (χ3v) is 3.23. The summed E-state index contributed by atoms with van der Waals surface area (Å²) in [6.07, 6.45) is 3.68. The van der Waals surface area contributed by atoms with E-state index in [2.05, 4.69) is 9.98 Å². The maximum Gasteiger partial charge on any atom is 0.335 e. The molecule has 0 aliphatic heterocycles. The number of rotatable bonds is 6. The molecule has 7 heteroatoms. The number of benzene rings is 1. The quantitative estimate of drug-likeness (QED) is 0.366. The van der Waals surface area contributed by atoms with Crippen molar-refractivity contribution in [2.75, 3.05) is 0 Å². The van der Waals surface area contributed by atoms with Gasteiger partial charge in [0.15, 0.2) is 12.2 Å². The van der Waals surface area contributed by atoms with Gasteiger partial charge >= 0.3 is 5.97 Å². The third-order valence-electron chi connectivity index (χ3n) is 3.23. The number of aromatic nitrogens is 1. The normalized spacial score (nSPS) is 9.58. The van der Waals surface area contributed by atoms with E-state index in [9.17, 15) is 9.59 Å². The Morgan fingerprint density at radius 1 is 1.21 bits per heavy atom. The monoisotopic (exact) mass is 330 g/mol. The fourth-order valence-corrected chi connectivity index (χ4v) is 2.12. The second-order valence-corrected chi connectivity index (χ2v) is 4.73. The van der Waals surface area contributed by atoms with Crippen molar-refractivity contribution in [1.82, 2.24) is 4.98 Å². The van der Waals surface area contributed by atoms with E-state index in [0.717, 1.165) is 11.1 Å². The first kappa shape index (κ1) is 19.0. The lowest BCUT2D eigenvalue weighted by atomic mass is 10.0. The number of carbonyl (C=O) groups is 2. The molecule has 24 heavy (non-hydrogen) atoms. The number of H-pyrrole nitrogens is 1. The van der Waals surface area contributed by atoms with Gasteiger partial charge in [-0.25, -0.2) is 4.79 Å². The zero-order valence-electron chi connectivity index (χ0n) is 13.7. The number of nitrogens with two attached hydrogens (primary N) is 2. The molecule has 7 nitrogen and oxygen atoms in total. The van der Waals surface area contributed by atoms with Crippen LogP contribution in [0.5, 0.6) is 0 Å². The second kappa shape index (κ2) is 9.14. The molecular weight excluding hydrogens is 308 g/mol. The van der Waals surface area contributed by atoms with Crippen LogP contribution in [-0.2, 0) is 12.8 Å². The number of aromatic carboxylic acids is 1. The highest BCUT2D eigenvalue weighted by atomic mass is 16.4. The topological polar surface area (TPSA) is 135 Å². The fraction of sp³-hybridized carbons (Fsp3) is 0.235. The maximum absolute atomic E-state index is 11.2. The Balaban J connectivity index is 0.00000139. The minimum absolute atomic E-state index is 0.124. The number of aryl methyl sites for hydroxylation is 2. The van der Waals surface area contributed by atoms with Crippen molar-refractivity contribution in [2.45, 2.75) is 26.7 Å². The van der Waals surface area contributed by atoms with Gasteiger partial charge in [-0.3, -0.25) is 4.79 Å². The standard InChI is InChI=1S/C15H16N4O3.C2H6/c16-15(17)19-13-12(8-20)11(7-18-13)6-3-9-1-4-10(5-2-9)14(21)22;1-2/h1-2,4-5,7-8,18H,3,6H2,(H,21,22)(H4,16,17,19);1-2H3. The molecule has 0 aliphatic carbocycles. The van der Waals surface area contributed by atoms with E-state index in [-0.39, 0.29) is 11.5 Å². The van der Waals surface area contributed by atoms with Gasteiger partial charge in [-0.1, -0.05) is 26.0 Å². The Bertz CT molecular complexity index is 714. The van der Waals surface area contributed by atoms with Crippen LogP contribution in [0.4, 0.5) is 5.82 Å². The summed E-state index contributed by atoms with van der Waals surface area (Å²) >= 11 is 0. The summed E-state index contributed by atoms with van der Waals surface area (Å²) in [5.41, 5.74) is 13.1. The number of aldehydes is 1. The van der Waals surface area contributed by atoms with Crippen LogP contribution in [0.1, 0.15) is 45.7 Å². The average Bonchev–Trinajstić information content (AvgIpc) is 2.96. The molecule has 0 amide bonds. The second-order valence-electron chi connectivity index (χ2n) is 4.73. The zero-order chi connectivity index (χ0) is 18.1. The van der Waals surface area contributed by atoms with Crippen molar-refractivity contribution in [3.8, 4) is 0 Å². The number of aliphatic imine (C=N–C) groups is 1. The molecule has 0 fully saturated rings. The van der Waals surface area contributed by atoms with Crippen LogP contribution in [0.15, 0.2) is 35.5 Å². The molecular formula is C17H22N4O3. The summed E-state index contributed by atoms with van der Waals surface area (Å²) in [4.78, 5) is 28.7. The number of carboxylic acids is 1. The van der Waals surface area contributed by atoms with Crippen molar-refractivity contribution in [2.24, 2.45) is 16.5 Å². The van der Waals surface area contributed by atoms with Crippen LogP contribution in [0.2, 0.25) is 0 Å². The van der Waals surface area contributed by atoms with Crippen molar-refractivity contribution in [3.05, 3.63) is 52.7 Å². The van der Waals surface area contributed by atoms with E-state index < -0.39 is 5.97 Å². The summed E-state index contributed by atoms with van der Waals surface area (Å²) < 4.78 is 0. The van der Waals surface area contributed by atoms with Gasteiger partial charge in [-0.15, -0.1) is 0 Å². The number of carbonyl (C=O) groups excluding carboxylic acids is 1. The van der Waals surface area contributed by atoms with Gasteiger partial charge in [0.1, 0.15) is 5.82 Å². The summed E-state index contributed by atoms with van der Waals surface area (Å²) in [6.45, 7) is 4.00. The van der Waals surface area contributed by atoms with Crippen LogP contribution in [0.3, 0.4) is 0 Å². The van der Waals surface area contributed by atoms with Crippen molar-refractivity contribution in [1.29, 1.82) is 0 Å². The molecule has 0 saturated carbocycles. The van der Waals surface area contributed by atoms with Gasteiger partial charge in [0.25, 0.3) is 0 Å². The first-order chi connectivity index (χ1) is 11.5. The average molecular weight is 330 g/mol. The van der Waals surface area contributed by atoms with E-state index in [4.69, 9.17) is 16.6 Å². The first-order valence-corrected chi connectivity index (χ1v) is 7.58. The van der Waals surface area contributed by atoms with E-state index in [1.807, 2.05) is 13.8 Å². The highest BCUT2D eigenvalue weighted by Crippen LogP contribution is 2.21. The lowest BCUT2D eigenvalue weighted by Gasteiger charge is -2.02. The summed E-state index contributed by atoms with van der Waals surface area (Å²) in [6, 6.07) is 6.63. The molecule has 2 rings (SSSR count). The van der Waals surface area contributed by atoms with Gasteiger partial charge in [-0.05, 0) is 36.1 Å². The summed E-state index contributed by atoms with van der Waals surface area (Å²) in [5.74, 6) is -0.741. The van der Waals surface area contributed by atoms with E-state index in [1.165, 1.54) is 0 Å². The van der Waals surface area contributed by atoms with Gasteiger partial charge in [0.2, 0.25) is 0 Å². The molecule has 0 radical (unpaired) electrons. The van der Waals surface area contributed by atoms with Gasteiger partial charge < -0.3 is 21.6 Å². The van der Waals surface area contributed by atoms with Crippen LogP contribution in [0.25, 0.3) is 0 Å². The Kier molecular flexibility index (Phi) is 7.22. The summed E-state index contributed by atoms with van der Waals surface area (Å²) in [7, 11) is 0. The lowest BCUT2D eigenvalue weighted by molar-refractivity contribution is 0.0696. The van der Waals surface area contributed by atoms with Gasteiger partial charge in [-0.2, -0.15) is 4.99 Å². The molecule has 1 aromatic heterocycles. The predicted octanol–water partition coefficient (Wildman–Crippen LogP) is 2.24. The Labute approximate surface area is 140 Å². The zero-order valence-corrected chi connectivity index (χ0v) is 13.7. The number of aromatic amines is 1. The number of nitrogens with zero attached hydrogens (tertiary/aromatic N) is 1. The molecule has 1 heterocycles. The van der Waals surface area contributed by atoms with Gasteiger partial charge in [0, 0.05) is 6.20 Å². The number of carboxylic acid groups (broad SMARTS) is 1. The molecule has 0 atom stereocenters. The summed E-state index contributed by atoms with van der Waals surface area (Å²) in [5, 5.41) is 8.85. The Morgan fingerprint density at radius 3 is 2.33 bits per heavy atom. The fourth-order valence-electron chi connectivity index (χ4n) is 2.12. The van der Waals surface area contributed by atoms with E-state index >= 15 is 0 Å². The largest absolute Gasteiger partial charge is 0.478 e.